The Bertz CT molecular complexity index is 942. The van der Waals surface area contributed by atoms with Crippen molar-refractivity contribution in [1.29, 1.82) is 5.26 Å². The van der Waals surface area contributed by atoms with Crippen LogP contribution in [-0.2, 0) is 10.2 Å². The lowest BCUT2D eigenvalue weighted by Gasteiger charge is -2.32. The molecule has 2 aromatic rings. The van der Waals surface area contributed by atoms with Crippen molar-refractivity contribution in [3.63, 3.8) is 0 Å². The molecule has 1 amide bonds. The second kappa shape index (κ2) is 11.0. The summed E-state index contributed by atoms with van der Waals surface area (Å²) in [4.78, 5) is 18.6. The number of likely N-dealkylation sites (tertiary alicyclic amines) is 1. The lowest BCUT2D eigenvalue weighted by atomic mass is 9.70. The Morgan fingerprint density at radius 2 is 1.50 bits per heavy atom. The van der Waals surface area contributed by atoms with Crippen molar-refractivity contribution >= 4 is 30.1 Å². The summed E-state index contributed by atoms with van der Waals surface area (Å²) in [7, 11) is 0. The van der Waals surface area contributed by atoms with Crippen LogP contribution in [-0.4, -0.2) is 47.6 Å². The molecule has 1 saturated heterocycles. The van der Waals surface area contributed by atoms with Crippen LogP contribution in [0, 0.1) is 11.3 Å². The minimum Gasteiger partial charge on any atom is -0.303 e. The van der Waals surface area contributed by atoms with Crippen LogP contribution in [0.1, 0.15) is 37.3 Å². The van der Waals surface area contributed by atoms with E-state index in [0.29, 0.717) is 12.1 Å². The van der Waals surface area contributed by atoms with E-state index < -0.39 is 5.41 Å². The zero-order valence-corrected chi connectivity index (χ0v) is 20.1. The van der Waals surface area contributed by atoms with Crippen molar-refractivity contribution in [3.8, 4) is 6.07 Å². The van der Waals surface area contributed by atoms with Gasteiger partial charge in [0.15, 0.2) is 0 Å². The van der Waals surface area contributed by atoms with E-state index in [0.717, 1.165) is 41.5 Å². The summed E-state index contributed by atoms with van der Waals surface area (Å²) in [5.41, 5.74) is 1.19. The zero-order chi connectivity index (χ0) is 21.7. The van der Waals surface area contributed by atoms with Gasteiger partial charge in [0.2, 0.25) is 5.91 Å². The first kappa shape index (κ1) is 24.4. The Balaban J connectivity index is 0.00000289. The fourth-order valence-corrected chi connectivity index (χ4v) is 5.77. The number of benzene rings is 2. The molecule has 0 aromatic heterocycles. The highest BCUT2D eigenvalue weighted by molar-refractivity contribution is 8.03. The molecule has 0 atom stereocenters. The molecule has 0 radical (unpaired) electrons. The van der Waals surface area contributed by atoms with Crippen molar-refractivity contribution in [2.24, 2.45) is 0 Å². The number of halogens is 1. The minimum atomic E-state index is -1.09. The van der Waals surface area contributed by atoms with E-state index in [-0.39, 0.29) is 18.3 Å². The quantitative estimate of drug-likeness (QED) is 0.560. The molecule has 2 aliphatic rings. The molecule has 2 heterocycles. The van der Waals surface area contributed by atoms with Gasteiger partial charge in [0.05, 0.1) is 16.7 Å². The van der Waals surface area contributed by atoms with Gasteiger partial charge in [-0.3, -0.25) is 4.79 Å². The maximum atomic E-state index is 14.3. The van der Waals surface area contributed by atoms with Gasteiger partial charge in [-0.2, -0.15) is 5.26 Å². The second-order valence-electron chi connectivity index (χ2n) is 8.07. The van der Waals surface area contributed by atoms with Crippen molar-refractivity contribution < 1.29 is 4.79 Å². The van der Waals surface area contributed by atoms with Gasteiger partial charge in [-0.1, -0.05) is 74.0 Å². The Morgan fingerprint density at radius 1 is 0.938 bits per heavy atom. The summed E-state index contributed by atoms with van der Waals surface area (Å²) in [5.74, 6) is 0.808. The molecule has 32 heavy (non-hydrogen) atoms. The van der Waals surface area contributed by atoms with E-state index in [4.69, 9.17) is 0 Å². The Labute approximate surface area is 201 Å². The average molecular weight is 468 g/mol. The highest BCUT2D eigenvalue weighted by Gasteiger charge is 2.55. The largest absolute Gasteiger partial charge is 0.303 e. The maximum absolute atomic E-state index is 14.3. The molecule has 2 aliphatic heterocycles. The van der Waals surface area contributed by atoms with Crippen molar-refractivity contribution in [2.75, 3.05) is 31.9 Å². The van der Waals surface area contributed by atoms with Crippen LogP contribution in [0.25, 0.3) is 0 Å². The highest BCUT2D eigenvalue weighted by Crippen LogP contribution is 2.50. The number of nitrogens with zero attached hydrogens (tertiary/aromatic N) is 3. The van der Waals surface area contributed by atoms with Gasteiger partial charge in [-0.25, -0.2) is 0 Å². The molecule has 0 unspecified atom stereocenters. The van der Waals surface area contributed by atoms with Gasteiger partial charge in [-0.05, 0) is 42.8 Å². The van der Waals surface area contributed by atoms with Crippen LogP contribution < -0.4 is 0 Å². The molecule has 1 fully saturated rings. The Hall–Kier alpha value is -2.26. The third-order valence-corrected chi connectivity index (χ3v) is 7.28. The highest BCUT2D eigenvalue weighted by atomic mass is 35.5. The number of thioether (sulfide) groups is 1. The first-order valence-corrected chi connectivity index (χ1v) is 12.1. The topological polar surface area (TPSA) is 47.3 Å². The lowest BCUT2D eigenvalue weighted by Crippen LogP contribution is -2.44. The molecular weight excluding hydrogens is 438 g/mol. The number of hydrogen-bond donors (Lipinski definition) is 0. The van der Waals surface area contributed by atoms with E-state index >= 15 is 0 Å². The number of nitriles is 1. The monoisotopic (exact) mass is 467 g/mol. The number of hydrogen-bond acceptors (Lipinski definition) is 4. The van der Waals surface area contributed by atoms with Crippen molar-refractivity contribution in [3.05, 3.63) is 82.4 Å². The van der Waals surface area contributed by atoms with Gasteiger partial charge in [-0.15, -0.1) is 24.2 Å². The summed E-state index contributed by atoms with van der Waals surface area (Å²) in [6, 6.07) is 22.1. The predicted molar refractivity (Wildman–Crippen MR) is 134 cm³/mol. The molecule has 0 spiro atoms. The summed E-state index contributed by atoms with van der Waals surface area (Å²) >= 11 is 1.61. The van der Waals surface area contributed by atoms with E-state index in [1.54, 1.807) is 11.8 Å². The van der Waals surface area contributed by atoms with Gasteiger partial charge < -0.3 is 9.80 Å². The number of rotatable bonds is 7. The lowest BCUT2D eigenvalue weighted by molar-refractivity contribution is -0.130. The molecule has 0 bridgehead atoms. The molecule has 168 valence electrons. The second-order valence-corrected chi connectivity index (χ2v) is 9.32. The summed E-state index contributed by atoms with van der Waals surface area (Å²) in [5, 5.41) is 11.2. The fraction of sp³-hybridized carbons (Fsp3) is 0.385. The average Bonchev–Trinajstić information content (AvgIpc) is 3.07. The number of carbonyl (C=O) groups excluding carboxylic acids is 1. The molecule has 0 aliphatic carbocycles. The molecular formula is C26H30ClN3OS. The van der Waals surface area contributed by atoms with Crippen LogP contribution in [0.2, 0.25) is 0 Å². The Morgan fingerprint density at radius 3 is 2.00 bits per heavy atom. The van der Waals surface area contributed by atoms with Gasteiger partial charge in [0.25, 0.3) is 0 Å². The fourth-order valence-electron chi connectivity index (χ4n) is 4.82. The SMILES string of the molecule is CCSC1=C(C#N)C(c2ccccc2)(c2ccccc2)C(=O)N1CCN1CCCCC1.Cl. The molecule has 6 heteroatoms. The summed E-state index contributed by atoms with van der Waals surface area (Å²) in [6.45, 7) is 5.72. The van der Waals surface area contributed by atoms with E-state index in [2.05, 4.69) is 17.9 Å². The van der Waals surface area contributed by atoms with Gasteiger partial charge >= 0.3 is 0 Å². The van der Waals surface area contributed by atoms with Crippen molar-refractivity contribution in [2.45, 2.75) is 31.6 Å². The molecule has 2 aromatic carbocycles. The molecule has 4 nitrogen and oxygen atoms in total. The molecule has 0 N–H and O–H groups in total. The van der Waals surface area contributed by atoms with Gasteiger partial charge in [0.1, 0.15) is 5.41 Å². The Kier molecular flexibility index (Phi) is 8.42. The van der Waals surface area contributed by atoms with E-state index in [1.165, 1.54) is 19.3 Å². The van der Waals surface area contributed by atoms with Crippen LogP contribution in [0.5, 0.6) is 0 Å². The smallest absolute Gasteiger partial charge is 0.247 e. The molecule has 4 rings (SSSR count). The number of carbonyl (C=O) groups is 1. The van der Waals surface area contributed by atoms with Crippen LogP contribution >= 0.6 is 24.2 Å². The van der Waals surface area contributed by atoms with Gasteiger partial charge in [0, 0.05) is 13.1 Å². The minimum absolute atomic E-state index is 0. The van der Waals surface area contributed by atoms with E-state index in [1.807, 2.05) is 65.6 Å². The zero-order valence-electron chi connectivity index (χ0n) is 18.5. The normalized spacial score (nSPS) is 18.4. The first-order valence-electron chi connectivity index (χ1n) is 11.2. The third-order valence-electron chi connectivity index (χ3n) is 6.29. The predicted octanol–water partition coefficient (Wildman–Crippen LogP) is 5.21. The van der Waals surface area contributed by atoms with Crippen molar-refractivity contribution in [1.82, 2.24) is 9.80 Å². The number of amides is 1. The first-order chi connectivity index (χ1) is 15.2. The summed E-state index contributed by atoms with van der Waals surface area (Å²) in [6.07, 6.45) is 3.74. The maximum Gasteiger partial charge on any atom is 0.247 e. The molecule has 0 saturated carbocycles. The van der Waals surface area contributed by atoms with Crippen LogP contribution in [0.4, 0.5) is 0 Å². The van der Waals surface area contributed by atoms with E-state index in [9.17, 15) is 10.1 Å². The summed E-state index contributed by atoms with van der Waals surface area (Å²) < 4.78 is 0. The standard InChI is InChI=1S/C26H29N3OS.ClH/c1-2-31-24-23(20-27)26(21-12-6-3-7-13-21,22-14-8-4-9-15-22)25(30)29(24)19-18-28-16-10-5-11-17-28;/h3-4,6-9,12-15H,2,5,10-11,16-19H2,1H3;1H. The van der Waals surface area contributed by atoms with Crippen LogP contribution in [0.15, 0.2) is 71.3 Å². The number of piperidine rings is 1. The third kappa shape index (κ3) is 4.32. The van der Waals surface area contributed by atoms with Crippen LogP contribution in [0.3, 0.4) is 0 Å².